The Labute approximate surface area is 113 Å². The van der Waals surface area contributed by atoms with Crippen molar-refractivity contribution in [3.8, 4) is 0 Å². The minimum atomic E-state index is 0.337. The third-order valence-electron chi connectivity index (χ3n) is 4.33. The number of benzene rings is 1. The van der Waals surface area contributed by atoms with Crippen LogP contribution in [0.2, 0.25) is 0 Å². The van der Waals surface area contributed by atoms with Crippen LogP contribution in [0.1, 0.15) is 37.3 Å². The third-order valence-corrected chi connectivity index (χ3v) is 4.33. The zero-order chi connectivity index (χ0) is 13.2. The lowest BCUT2D eigenvalue weighted by molar-refractivity contribution is -0.121. The number of carbonyl (C=O) groups is 1. The summed E-state index contributed by atoms with van der Waals surface area (Å²) in [5.74, 6) is 0.979. The number of aromatic nitrogens is 1. The van der Waals surface area contributed by atoms with E-state index >= 15 is 0 Å². The SMILES string of the molecule is CNC(c1c[nH]c2ccccc12)C1CCC(=O)CC1. The monoisotopic (exact) mass is 256 g/mol. The van der Waals surface area contributed by atoms with E-state index < -0.39 is 0 Å². The van der Waals surface area contributed by atoms with Crippen LogP contribution in [-0.4, -0.2) is 17.8 Å². The van der Waals surface area contributed by atoms with Crippen LogP contribution < -0.4 is 5.32 Å². The average molecular weight is 256 g/mol. The molecule has 0 aliphatic heterocycles. The second-order valence-corrected chi connectivity index (χ2v) is 5.43. The Morgan fingerprint density at radius 2 is 2.00 bits per heavy atom. The fourth-order valence-electron chi connectivity index (χ4n) is 3.29. The molecule has 0 bridgehead atoms. The van der Waals surface area contributed by atoms with Gasteiger partial charge < -0.3 is 10.3 Å². The second kappa shape index (κ2) is 5.17. The molecule has 100 valence electrons. The number of nitrogens with one attached hydrogen (secondary N) is 2. The van der Waals surface area contributed by atoms with Crippen LogP contribution in [0.25, 0.3) is 10.9 Å². The van der Waals surface area contributed by atoms with Gasteiger partial charge in [-0.15, -0.1) is 0 Å². The van der Waals surface area contributed by atoms with Crippen LogP contribution in [0.5, 0.6) is 0 Å². The lowest BCUT2D eigenvalue weighted by atomic mass is 9.80. The highest BCUT2D eigenvalue weighted by Crippen LogP contribution is 2.36. The number of ketones is 1. The molecule has 1 unspecified atom stereocenters. The van der Waals surface area contributed by atoms with E-state index in [-0.39, 0.29) is 0 Å². The number of rotatable bonds is 3. The Balaban J connectivity index is 1.91. The lowest BCUT2D eigenvalue weighted by Crippen LogP contribution is -2.28. The molecule has 2 aromatic rings. The largest absolute Gasteiger partial charge is 0.361 e. The highest BCUT2D eigenvalue weighted by Gasteiger charge is 2.28. The van der Waals surface area contributed by atoms with Crippen molar-refractivity contribution in [2.45, 2.75) is 31.7 Å². The van der Waals surface area contributed by atoms with Crippen molar-refractivity contribution < 1.29 is 4.79 Å². The van der Waals surface area contributed by atoms with Gasteiger partial charge in [0.15, 0.2) is 0 Å². The maximum absolute atomic E-state index is 11.4. The first kappa shape index (κ1) is 12.4. The first-order valence-corrected chi connectivity index (χ1v) is 7.04. The number of hydrogen-bond donors (Lipinski definition) is 2. The zero-order valence-corrected chi connectivity index (χ0v) is 11.3. The Kier molecular flexibility index (Phi) is 3.38. The molecule has 0 amide bonds. The number of aromatic amines is 1. The molecule has 0 radical (unpaired) electrons. The summed E-state index contributed by atoms with van der Waals surface area (Å²) in [5.41, 5.74) is 2.52. The summed E-state index contributed by atoms with van der Waals surface area (Å²) < 4.78 is 0. The van der Waals surface area contributed by atoms with Crippen LogP contribution in [0.15, 0.2) is 30.5 Å². The molecule has 1 aromatic heterocycles. The van der Waals surface area contributed by atoms with Gasteiger partial charge in [-0.2, -0.15) is 0 Å². The van der Waals surface area contributed by atoms with Crippen molar-refractivity contribution >= 4 is 16.7 Å². The fourth-order valence-corrected chi connectivity index (χ4v) is 3.29. The van der Waals surface area contributed by atoms with Crippen LogP contribution >= 0.6 is 0 Å². The molecule has 1 heterocycles. The number of fused-ring (bicyclic) bond motifs is 1. The molecule has 1 atom stereocenters. The van der Waals surface area contributed by atoms with Crippen molar-refractivity contribution in [2.75, 3.05) is 7.05 Å². The van der Waals surface area contributed by atoms with E-state index in [1.165, 1.54) is 16.5 Å². The minimum absolute atomic E-state index is 0.337. The number of Topliss-reactive ketones (excluding diaryl/α,β-unsaturated/α-hetero) is 1. The van der Waals surface area contributed by atoms with Crippen molar-refractivity contribution in [2.24, 2.45) is 5.92 Å². The molecule has 2 N–H and O–H groups in total. The quantitative estimate of drug-likeness (QED) is 0.886. The highest BCUT2D eigenvalue weighted by molar-refractivity contribution is 5.83. The van der Waals surface area contributed by atoms with Crippen molar-refractivity contribution in [3.63, 3.8) is 0 Å². The maximum Gasteiger partial charge on any atom is 0.132 e. The Morgan fingerprint density at radius 1 is 1.26 bits per heavy atom. The van der Waals surface area contributed by atoms with Gasteiger partial charge in [0.1, 0.15) is 5.78 Å². The Hall–Kier alpha value is -1.61. The predicted molar refractivity (Wildman–Crippen MR) is 77.1 cm³/mol. The molecule has 1 aliphatic rings. The van der Waals surface area contributed by atoms with E-state index in [2.05, 4.69) is 40.8 Å². The number of hydrogen-bond acceptors (Lipinski definition) is 2. The summed E-state index contributed by atoms with van der Waals surface area (Å²) in [5, 5.41) is 4.74. The molecule has 3 nitrogen and oxygen atoms in total. The van der Waals surface area contributed by atoms with Crippen LogP contribution in [0, 0.1) is 5.92 Å². The molecule has 3 heteroatoms. The number of H-pyrrole nitrogens is 1. The molecule has 0 saturated heterocycles. The smallest absolute Gasteiger partial charge is 0.132 e. The normalized spacial score (nSPS) is 18.9. The molecule has 0 spiro atoms. The van der Waals surface area contributed by atoms with E-state index in [4.69, 9.17) is 0 Å². The van der Waals surface area contributed by atoms with Gasteiger partial charge in [0.25, 0.3) is 0 Å². The molecular formula is C16H20N2O. The van der Waals surface area contributed by atoms with Crippen molar-refractivity contribution in [1.29, 1.82) is 0 Å². The van der Waals surface area contributed by atoms with E-state index in [1.807, 2.05) is 7.05 Å². The zero-order valence-electron chi connectivity index (χ0n) is 11.3. The van der Waals surface area contributed by atoms with Crippen LogP contribution in [0.3, 0.4) is 0 Å². The van der Waals surface area contributed by atoms with Gasteiger partial charge in [0.2, 0.25) is 0 Å². The maximum atomic E-state index is 11.4. The highest BCUT2D eigenvalue weighted by atomic mass is 16.1. The summed E-state index contributed by atoms with van der Waals surface area (Å²) in [6.07, 6.45) is 5.60. The van der Waals surface area contributed by atoms with Gasteiger partial charge in [-0.05, 0) is 37.4 Å². The van der Waals surface area contributed by atoms with Gasteiger partial charge in [0.05, 0.1) is 0 Å². The molecule has 3 rings (SSSR count). The summed E-state index contributed by atoms with van der Waals surface area (Å²) in [4.78, 5) is 14.7. The molecule has 19 heavy (non-hydrogen) atoms. The first-order chi connectivity index (χ1) is 9.29. The first-order valence-electron chi connectivity index (χ1n) is 7.04. The molecular weight excluding hydrogens is 236 g/mol. The van der Waals surface area contributed by atoms with E-state index in [0.717, 1.165) is 25.7 Å². The topological polar surface area (TPSA) is 44.9 Å². The summed E-state index contributed by atoms with van der Waals surface area (Å²) in [6.45, 7) is 0. The summed E-state index contributed by atoms with van der Waals surface area (Å²) >= 11 is 0. The van der Waals surface area contributed by atoms with Gasteiger partial charge in [-0.25, -0.2) is 0 Å². The predicted octanol–water partition coefficient (Wildman–Crippen LogP) is 3.19. The number of para-hydroxylation sites is 1. The summed E-state index contributed by atoms with van der Waals surface area (Å²) in [7, 11) is 2.02. The average Bonchev–Trinajstić information content (AvgIpc) is 2.86. The second-order valence-electron chi connectivity index (χ2n) is 5.43. The van der Waals surface area contributed by atoms with Gasteiger partial charge >= 0.3 is 0 Å². The van der Waals surface area contributed by atoms with E-state index in [9.17, 15) is 4.79 Å². The molecule has 1 aromatic carbocycles. The Bertz CT molecular complexity index is 577. The van der Waals surface area contributed by atoms with Crippen LogP contribution in [-0.2, 0) is 4.79 Å². The minimum Gasteiger partial charge on any atom is -0.361 e. The molecule has 1 aliphatic carbocycles. The fraction of sp³-hybridized carbons (Fsp3) is 0.438. The van der Waals surface area contributed by atoms with Gasteiger partial charge in [0, 0.05) is 36.0 Å². The van der Waals surface area contributed by atoms with Crippen molar-refractivity contribution in [3.05, 3.63) is 36.0 Å². The molecule has 1 saturated carbocycles. The standard InChI is InChI=1S/C16H20N2O/c1-17-16(11-6-8-12(19)9-7-11)14-10-18-15-5-3-2-4-13(14)15/h2-5,10-11,16-18H,6-9H2,1H3. The third kappa shape index (κ3) is 2.30. The van der Waals surface area contributed by atoms with Gasteiger partial charge in [-0.3, -0.25) is 4.79 Å². The summed E-state index contributed by atoms with van der Waals surface area (Å²) in [6, 6.07) is 8.74. The Morgan fingerprint density at radius 3 is 2.74 bits per heavy atom. The van der Waals surface area contributed by atoms with Gasteiger partial charge in [-0.1, -0.05) is 18.2 Å². The lowest BCUT2D eigenvalue weighted by Gasteiger charge is -2.29. The number of carbonyl (C=O) groups excluding carboxylic acids is 1. The molecule has 1 fully saturated rings. The van der Waals surface area contributed by atoms with Crippen LogP contribution in [0.4, 0.5) is 0 Å². The van der Waals surface area contributed by atoms with E-state index in [0.29, 0.717) is 17.7 Å². The van der Waals surface area contributed by atoms with E-state index in [1.54, 1.807) is 0 Å². The van der Waals surface area contributed by atoms with Crippen molar-refractivity contribution in [1.82, 2.24) is 10.3 Å².